The van der Waals surface area contributed by atoms with Crippen LogP contribution < -0.4 is 15.6 Å². The van der Waals surface area contributed by atoms with Crippen LogP contribution in [0.2, 0.25) is 0 Å². The summed E-state index contributed by atoms with van der Waals surface area (Å²) in [7, 11) is 1.45. The van der Waals surface area contributed by atoms with Crippen LogP contribution in [-0.4, -0.2) is 28.3 Å². The Balaban J connectivity index is 1.68. The minimum atomic E-state index is -0.872. The normalized spacial score (nSPS) is 10.5. The lowest BCUT2D eigenvalue weighted by atomic mass is 10.1. The molecule has 0 radical (unpaired) electrons. The summed E-state index contributed by atoms with van der Waals surface area (Å²) in [4.78, 5) is 37.0. The molecule has 0 atom stereocenters. The van der Waals surface area contributed by atoms with Gasteiger partial charge >= 0.3 is 5.97 Å². The van der Waals surface area contributed by atoms with Crippen molar-refractivity contribution in [3.05, 3.63) is 81.3 Å². The zero-order valence-electron chi connectivity index (χ0n) is 17.8. The predicted molar refractivity (Wildman–Crippen MR) is 116 cm³/mol. The average Bonchev–Trinajstić information content (AvgIpc) is 2.74. The summed E-state index contributed by atoms with van der Waals surface area (Å²) in [5.74, 6) is -0.366. The first kappa shape index (κ1) is 21.8. The van der Waals surface area contributed by atoms with E-state index in [1.165, 1.54) is 7.05 Å². The van der Waals surface area contributed by atoms with Crippen molar-refractivity contribution in [3.8, 4) is 11.5 Å². The average molecular weight is 421 g/mol. The molecule has 0 unspecified atom stereocenters. The molecule has 0 saturated heterocycles. The van der Waals surface area contributed by atoms with Crippen LogP contribution in [0.4, 0.5) is 5.69 Å². The number of rotatable bonds is 6. The van der Waals surface area contributed by atoms with Gasteiger partial charge in [0.2, 0.25) is 0 Å². The molecular weight excluding hydrogens is 398 g/mol. The summed E-state index contributed by atoms with van der Waals surface area (Å²) >= 11 is 0. The van der Waals surface area contributed by atoms with Crippen molar-refractivity contribution in [2.75, 3.05) is 11.9 Å². The highest BCUT2D eigenvalue weighted by Gasteiger charge is 2.20. The smallest absolute Gasteiger partial charge is 0.344 e. The van der Waals surface area contributed by atoms with E-state index in [1.807, 2.05) is 31.2 Å². The molecule has 31 heavy (non-hydrogen) atoms. The lowest BCUT2D eigenvalue weighted by molar-refractivity contribution is -0.119. The van der Waals surface area contributed by atoms with E-state index in [2.05, 4.69) is 10.4 Å². The van der Waals surface area contributed by atoms with Gasteiger partial charge in [0.15, 0.2) is 12.4 Å². The Morgan fingerprint density at radius 3 is 2.42 bits per heavy atom. The molecule has 0 spiro atoms. The van der Waals surface area contributed by atoms with E-state index in [0.717, 1.165) is 10.2 Å². The Morgan fingerprint density at radius 2 is 1.71 bits per heavy atom. The number of anilines is 1. The molecule has 0 aliphatic heterocycles. The molecule has 1 N–H and O–H groups in total. The number of aryl methyl sites for hydroxylation is 3. The second-order valence-corrected chi connectivity index (χ2v) is 7.05. The van der Waals surface area contributed by atoms with E-state index in [-0.39, 0.29) is 5.56 Å². The molecule has 3 rings (SSSR count). The number of ether oxygens (including phenoxy) is 2. The summed E-state index contributed by atoms with van der Waals surface area (Å²) < 4.78 is 12.0. The lowest BCUT2D eigenvalue weighted by Gasteiger charge is -2.13. The highest BCUT2D eigenvalue weighted by Crippen LogP contribution is 2.29. The maximum Gasteiger partial charge on any atom is 0.344 e. The summed E-state index contributed by atoms with van der Waals surface area (Å²) in [5.41, 5.74) is 1.77. The third-order valence-corrected chi connectivity index (χ3v) is 4.67. The second kappa shape index (κ2) is 9.25. The predicted octanol–water partition coefficient (Wildman–Crippen LogP) is 3.29. The van der Waals surface area contributed by atoms with Gasteiger partial charge in [-0.3, -0.25) is 9.59 Å². The van der Waals surface area contributed by atoms with Crippen LogP contribution in [0, 0.1) is 20.8 Å². The number of hydrogen-bond donors (Lipinski definition) is 1. The standard InChI is InChI=1S/C23H23N3O5/c1-14-9-11-17(12-10-14)31-19-8-6-5-7-18(19)24-20(27)13-30-23(29)21-15(2)16(3)25-26(4)22(21)28/h5-12H,13H2,1-4H3,(H,24,27). The van der Waals surface area contributed by atoms with E-state index >= 15 is 0 Å². The molecule has 0 fully saturated rings. The number of aromatic nitrogens is 2. The molecule has 0 saturated carbocycles. The maximum absolute atomic E-state index is 12.4. The summed E-state index contributed by atoms with van der Waals surface area (Å²) in [5, 5.41) is 6.68. The third kappa shape index (κ3) is 5.16. The van der Waals surface area contributed by atoms with Crippen LogP contribution in [0.15, 0.2) is 53.3 Å². The second-order valence-electron chi connectivity index (χ2n) is 7.05. The molecule has 1 aromatic heterocycles. The number of nitrogens with one attached hydrogen (secondary N) is 1. The van der Waals surface area contributed by atoms with Crippen molar-refractivity contribution < 1.29 is 19.1 Å². The van der Waals surface area contributed by atoms with Gasteiger partial charge in [-0.25, -0.2) is 9.48 Å². The quantitative estimate of drug-likeness (QED) is 0.613. The van der Waals surface area contributed by atoms with Gasteiger partial charge in [-0.2, -0.15) is 5.10 Å². The van der Waals surface area contributed by atoms with Gasteiger partial charge < -0.3 is 14.8 Å². The Bertz CT molecular complexity index is 1180. The number of para-hydroxylation sites is 2. The number of carbonyl (C=O) groups excluding carboxylic acids is 2. The Hall–Kier alpha value is -3.94. The Kier molecular flexibility index (Phi) is 6.49. The Labute approximate surface area is 179 Å². The third-order valence-electron chi connectivity index (χ3n) is 4.67. The van der Waals surface area contributed by atoms with Crippen molar-refractivity contribution >= 4 is 17.6 Å². The van der Waals surface area contributed by atoms with Crippen LogP contribution in [0.5, 0.6) is 11.5 Å². The van der Waals surface area contributed by atoms with Crippen molar-refractivity contribution in [3.63, 3.8) is 0 Å². The molecule has 8 heteroatoms. The molecular formula is C23H23N3O5. The number of benzene rings is 2. The minimum absolute atomic E-state index is 0.133. The Morgan fingerprint density at radius 1 is 1.03 bits per heavy atom. The summed E-state index contributed by atoms with van der Waals surface area (Å²) in [6, 6.07) is 14.4. The number of esters is 1. The number of carbonyl (C=O) groups is 2. The van der Waals surface area contributed by atoms with E-state index in [0.29, 0.717) is 28.4 Å². The van der Waals surface area contributed by atoms with Crippen LogP contribution >= 0.6 is 0 Å². The zero-order chi connectivity index (χ0) is 22.5. The molecule has 8 nitrogen and oxygen atoms in total. The van der Waals surface area contributed by atoms with Gasteiger partial charge in [-0.05, 0) is 50.6 Å². The summed E-state index contributed by atoms with van der Waals surface area (Å²) in [6.45, 7) is 4.72. The molecule has 1 heterocycles. The molecule has 3 aromatic rings. The van der Waals surface area contributed by atoms with Crippen LogP contribution in [0.25, 0.3) is 0 Å². The van der Waals surface area contributed by atoms with Gasteiger partial charge in [-0.1, -0.05) is 29.8 Å². The fourth-order valence-electron chi connectivity index (χ4n) is 2.87. The monoisotopic (exact) mass is 421 g/mol. The van der Waals surface area contributed by atoms with E-state index in [1.54, 1.807) is 38.1 Å². The minimum Gasteiger partial charge on any atom is -0.455 e. The van der Waals surface area contributed by atoms with E-state index in [9.17, 15) is 14.4 Å². The topological polar surface area (TPSA) is 99.5 Å². The molecule has 1 amide bonds. The van der Waals surface area contributed by atoms with Crippen LogP contribution in [0.3, 0.4) is 0 Å². The first-order chi connectivity index (χ1) is 14.8. The first-order valence-corrected chi connectivity index (χ1v) is 9.61. The van der Waals surface area contributed by atoms with Crippen molar-refractivity contribution in [1.82, 2.24) is 9.78 Å². The van der Waals surface area contributed by atoms with Gasteiger partial charge in [0, 0.05) is 7.05 Å². The molecule has 160 valence electrons. The molecule has 0 aliphatic carbocycles. The largest absolute Gasteiger partial charge is 0.455 e. The number of amides is 1. The van der Waals surface area contributed by atoms with Gasteiger partial charge in [0.05, 0.1) is 11.4 Å². The fourth-order valence-corrected chi connectivity index (χ4v) is 2.87. The molecule has 2 aromatic carbocycles. The number of nitrogens with zero attached hydrogens (tertiary/aromatic N) is 2. The number of hydrogen-bond acceptors (Lipinski definition) is 6. The highest BCUT2D eigenvalue weighted by molar-refractivity contribution is 5.96. The van der Waals surface area contributed by atoms with Gasteiger partial charge in [0.1, 0.15) is 11.3 Å². The van der Waals surface area contributed by atoms with E-state index in [4.69, 9.17) is 9.47 Å². The molecule has 0 bridgehead atoms. The van der Waals surface area contributed by atoms with Crippen LogP contribution in [-0.2, 0) is 16.6 Å². The maximum atomic E-state index is 12.4. The first-order valence-electron chi connectivity index (χ1n) is 9.61. The van der Waals surface area contributed by atoms with E-state index < -0.39 is 24.0 Å². The van der Waals surface area contributed by atoms with Crippen LogP contribution in [0.1, 0.15) is 27.2 Å². The van der Waals surface area contributed by atoms with Crippen molar-refractivity contribution in [1.29, 1.82) is 0 Å². The van der Waals surface area contributed by atoms with Crippen molar-refractivity contribution in [2.45, 2.75) is 20.8 Å². The fraction of sp³-hybridized carbons (Fsp3) is 0.217. The summed E-state index contributed by atoms with van der Waals surface area (Å²) in [6.07, 6.45) is 0. The van der Waals surface area contributed by atoms with Gasteiger partial charge in [-0.15, -0.1) is 0 Å². The van der Waals surface area contributed by atoms with Gasteiger partial charge in [0.25, 0.3) is 11.5 Å². The molecule has 0 aliphatic rings. The van der Waals surface area contributed by atoms with Crippen molar-refractivity contribution in [2.24, 2.45) is 7.05 Å². The zero-order valence-corrected chi connectivity index (χ0v) is 17.8. The highest BCUT2D eigenvalue weighted by atomic mass is 16.5. The SMILES string of the molecule is Cc1ccc(Oc2ccccc2NC(=O)COC(=O)c2c(C)c(C)nn(C)c2=O)cc1. The lowest BCUT2D eigenvalue weighted by Crippen LogP contribution is -2.31.